The van der Waals surface area contributed by atoms with Crippen molar-refractivity contribution in [2.75, 3.05) is 6.54 Å². The van der Waals surface area contributed by atoms with Crippen LogP contribution in [0.3, 0.4) is 0 Å². The Balaban J connectivity index is 5.15. The van der Waals surface area contributed by atoms with Crippen molar-refractivity contribution in [2.45, 2.75) is 72.6 Å². The van der Waals surface area contributed by atoms with E-state index in [0.29, 0.717) is 6.04 Å². The van der Waals surface area contributed by atoms with E-state index in [2.05, 4.69) is 53.0 Å². The van der Waals surface area contributed by atoms with Crippen LogP contribution in [0.15, 0.2) is 10.8 Å². The summed E-state index contributed by atoms with van der Waals surface area (Å²) >= 11 is 0. The minimum Gasteiger partial charge on any atom is -0.317 e. The number of nitrogens with zero attached hydrogens (tertiary/aromatic N) is 1. The lowest BCUT2D eigenvalue weighted by atomic mass is 10.2. The third-order valence-electron chi connectivity index (χ3n) is 4.47. The summed E-state index contributed by atoms with van der Waals surface area (Å²) in [6.07, 6.45) is 0. The Morgan fingerprint density at radius 2 is 1.47 bits per heavy atom. The second kappa shape index (κ2) is 7.54. The van der Waals surface area contributed by atoms with Crippen molar-refractivity contribution < 1.29 is 0 Å². The molecule has 0 aliphatic rings. The molecule has 0 unspecified atom stereocenters. The fourth-order valence-electron chi connectivity index (χ4n) is 2.67. The van der Waals surface area contributed by atoms with Gasteiger partial charge >= 0.3 is 0 Å². The lowest BCUT2D eigenvalue weighted by Crippen LogP contribution is -2.55. The molecule has 0 aromatic rings. The molecule has 0 bridgehead atoms. The van der Waals surface area contributed by atoms with Crippen molar-refractivity contribution in [2.24, 2.45) is 0 Å². The first kappa shape index (κ1) is 17.1. The van der Waals surface area contributed by atoms with Crippen LogP contribution >= 0.6 is 0 Å². The first-order valence-electron chi connectivity index (χ1n) is 7.24. The molecule has 0 aliphatic heterocycles. The average Bonchev–Trinajstić information content (AvgIpc) is 2.29. The van der Waals surface area contributed by atoms with Crippen LogP contribution in [-0.4, -0.2) is 35.6 Å². The molecule has 0 heterocycles. The van der Waals surface area contributed by atoms with Gasteiger partial charge in [-0.3, -0.25) is 0 Å². The van der Waals surface area contributed by atoms with Crippen molar-refractivity contribution in [3.05, 3.63) is 10.8 Å². The molecule has 0 aliphatic carbocycles. The molecule has 0 atom stereocenters. The molecule has 17 heavy (non-hydrogen) atoms. The Morgan fingerprint density at radius 3 is 1.71 bits per heavy atom. The van der Waals surface area contributed by atoms with Gasteiger partial charge in [-0.1, -0.05) is 45.4 Å². The predicted octanol–water partition coefficient (Wildman–Crippen LogP) is 3.36. The molecule has 0 spiro atoms. The van der Waals surface area contributed by atoms with Crippen LogP contribution in [0.1, 0.15) is 48.5 Å². The lowest BCUT2D eigenvalue weighted by molar-refractivity contribution is 0.369. The molecule has 0 N–H and O–H groups in total. The van der Waals surface area contributed by atoms with Gasteiger partial charge in [0.15, 0.2) is 0 Å². The van der Waals surface area contributed by atoms with E-state index >= 15 is 0 Å². The number of rotatable bonds is 7. The van der Waals surface area contributed by atoms with E-state index in [1.54, 1.807) is 10.8 Å². The third kappa shape index (κ3) is 4.38. The van der Waals surface area contributed by atoms with Gasteiger partial charge in [0, 0.05) is 16.8 Å². The Morgan fingerprint density at radius 1 is 1.06 bits per heavy atom. The molecule has 0 amide bonds. The van der Waals surface area contributed by atoms with Gasteiger partial charge in [-0.05, 0) is 38.0 Å². The van der Waals surface area contributed by atoms with Gasteiger partial charge in [0.1, 0.15) is 8.24 Å². The van der Waals surface area contributed by atoms with Crippen molar-refractivity contribution >= 4 is 18.5 Å². The summed E-state index contributed by atoms with van der Waals surface area (Å²) in [7, 11) is 0.00990. The first-order valence-corrected chi connectivity index (χ1v) is 10.8. The monoisotopic (exact) mass is 271 g/mol. The van der Waals surface area contributed by atoms with Crippen LogP contribution in [0.5, 0.6) is 0 Å². The van der Waals surface area contributed by atoms with Gasteiger partial charge in [0.2, 0.25) is 0 Å². The normalized spacial score (nSPS) is 14.6. The maximum Gasteiger partial charge on any atom is 0.128 e. The maximum absolute atomic E-state index is 2.86. The summed E-state index contributed by atoms with van der Waals surface area (Å²) in [6.45, 7) is 17.8. The van der Waals surface area contributed by atoms with Crippen LogP contribution in [0, 0.1) is 0 Å². The molecule has 0 rings (SSSR count). The largest absolute Gasteiger partial charge is 0.317 e. The van der Waals surface area contributed by atoms with Crippen molar-refractivity contribution in [3.8, 4) is 0 Å². The summed E-state index contributed by atoms with van der Waals surface area (Å²) < 4.78 is 2.86. The van der Waals surface area contributed by atoms with Crippen LogP contribution in [0.2, 0.25) is 18.1 Å². The molecule has 0 radical (unpaired) electrons. The van der Waals surface area contributed by atoms with E-state index < -0.39 is 8.24 Å². The Kier molecular flexibility index (Phi) is 7.60. The highest BCUT2D eigenvalue weighted by atomic mass is 28.3. The van der Waals surface area contributed by atoms with Crippen molar-refractivity contribution in [3.63, 3.8) is 0 Å². The van der Waals surface area contributed by atoms with Crippen LogP contribution in [0.25, 0.3) is 0 Å². The molecule has 3 heteroatoms. The first-order chi connectivity index (χ1) is 7.84. The minimum absolute atomic E-state index is 0.692. The SMILES string of the molecule is CC[Si](CC)(CC)N(CC(C)=C(C)[SiH3])C(C)C. The molecule has 1 nitrogen and oxygen atoms in total. The summed E-state index contributed by atoms with van der Waals surface area (Å²) in [5.41, 5.74) is 1.62. The van der Waals surface area contributed by atoms with E-state index in [-0.39, 0.29) is 0 Å². The minimum atomic E-state index is -1.20. The van der Waals surface area contributed by atoms with Crippen molar-refractivity contribution in [1.82, 2.24) is 4.57 Å². The summed E-state index contributed by atoms with van der Waals surface area (Å²) in [5, 5.41) is 1.63. The maximum atomic E-state index is 2.86. The summed E-state index contributed by atoms with van der Waals surface area (Å²) in [6, 6.07) is 4.88. The molecule has 0 aromatic carbocycles. The second-order valence-electron chi connectivity index (χ2n) is 5.79. The highest BCUT2D eigenvalue weighted by Gasteiger charge is 2.35. The van der Waals surface area contributed by atoms with Gasteiger partial charge in [0.05, 0.1) is 0 Å². The number of hydrogen-bond acceptors (Lipinski definition) is 1. The quantitative estimate of drug-likeness (QED) is 0.642. The van der Waals surface area contributed by atoms with E-state index in [0.717, 1.165) is 0 Å². The van der Waals surface area contributed by atoms with Gasteiger partial charge in [0.25, 0.3) is 0 Å². The Labute approximate surface area is 113 Å². The van der Waals surface area contributed by atoms with Gasteiger partial charge < -0.3 is 4.57 Å². The Hall–Kier alpha value is 0.134. The Bertz CT molecular complexity index is 243. The summed E-state index contributed by atoms with van der Waals surface area (Å²) in [5.74, 6) is 0. The molecule has 0 aromatic heterocycles. The second-order valence-corrected chi connectivity index (χ2v) is 12.4. The van der Waals surface area contributed by atoms with E-state index in [1.807, 2.05) is 0 Å². The number of allylic oxidation sites excluding steroid dienone is 1. The van der Waals surface area contributed by atoms with Gasteiger partial charge in [-0.15, -0.1) is 0 Å². The standard InChI is InChI=1S/C14H33NSi2/c1-8-17(9-2,10-3)15(12(4)5)11-13(6)14(7)16/h12H,8-11H2,1-7,16H3. The topological polar surface area (TPSA) is 3.24 Å². The fraction of sp³-hybridized carbons (Fsp3) is 0.857. The molecule has 102 valence electrons. The zero-order valence-corrected chi connectivity index (χ0v) is 16.4. The lowest BCUT2D eigenvalue weighted by Gasteiger charge is -2.44. The summed E-state index contributed by atoms with van der Waals surface area (Å²) in [4.78, 5) is 0. The molecular formula is C14H33NSi2. The van der Waals surface area contributed by atoms with Crippen LogP contribution < -0.4 is 0 Å². The van der Waals surface area contributed by atoms with E-state index in [1.165, 1.54) is 34.9 Å². The van der Waals surface area contributed by atoms with E-state index in [4.69, 9.17) is 0 Å². The molecular weight excluding hydrogens is 238 g/mol. The highest BCUT2D eigenvalue weighted by Crippen LogP contribution is 2.28. The van der Waals surface area contributed by atoms with Gasteiger partial charge in [-0.25, -0.2) is 0 Å². The molecule has 0 saturated heterocycles. The van der Waals surface area contributed by atoms with Gasteiger partial charge in [-0.2, -0.15) is 0 Å². The molecule has 0 fully saturated rings. The van der Waals surface area contributed by atoms with Crippen LogP contribution in [0.4, 0.5) is 0 Å². The average molecular weight is 272 g/mol. The van der Waals surface area contributed by atoms with Crippen molar-refractivity contribution in [1.29, 1.82) is 0 Å². The highest BCUT2D eigenvalue weighted by molar-refractivity contribution is 6.77. The fourth-order valence-corrected chi connectivity index (χ4v) is 7.22. The zero-order valence-electron chi connectivity index (χ0n) is 13.4. The zero-order chi connectivity index (χ0) is 13.6. The van der Waals surface area contributed by atoms with Crippen LogP contribution in [-0.2, 0) is 0 Å². The van der Waals surface area contributed by atoms with E-state index in [9.17, 15) is 0 Å². The smallest absolute Gasteiger partial charge is 0.128 e. The molecule has 0 saturated carbocycles. The number of hydrogen-bond donors (Lipinski definition) is 0. The predicted molar refractivity (Wildman–Crippen MR) is 87.4 cm³/mol. The third-order valence-corrected chi connectivity index (χ3v) is 11.2.